The molecule has 2 aromatic rings. The number of aliphatic hydroxyl groups excluding tert-OH is 1. The topological polar surface area (TPSA) is 58.6 Å². The van der Waals surface area contributed by atoms with E-state index in [0.717, 1.165) is 29.7 Å². The number of benzene rings is 2. The van der Waals surface area contributed by atoms with Gasteiger partial charge in [-0.2, -0.15) is 0 Å². The normalized spacial score (nSPS) is 17.2. The summed E-state index contributed by atoms with van der Waals surface area (Å²) in [5, 5.41) is 13.7. The number of para-hydroxylation sites is 1. The van der Waals surface area contributed by atoms with E-state index in [9.17, 15) is 9.90 Å². The first-order valence-corrected chi connectivity index (χ1v) is 9.18. The number of ether oxygens (including phenoxy) is 1. The van der Waals surface area contributed by atoms with Crippen LogP contribution in [0.15, 0.2) is 54.6 Å². The van der Waals surface area contributed by atoms with Crippen molar-refractivity contribution in [3.05, 3.63) is 65.7 Å². The standard InChI is InChI=1S/C22H27NO3/c1-16(18-10-6-7-11-19(18)26-2)14-20(24)23-15-22(12-13-22)21(25)17-8-4-3-5-9-17/h3-11,16,21,25H,12-15H2,1-2H3,(H,23,24)/t16-,21-/m1/s1. The molecule has 1 fully saturated rings. The molecule has 2 aromatic carbocycles. The van der Waals surface area contributed by atoms with Crippen LogP contribution in [0.5, 0.6) is 5.75 Å². The Hall–Kier alpha value is -2.33. The number of hydrogen-bond donors (Lipinski definition) is 2. The van der Waals surface area contributed by atoms with Crippen LogP contribution in [0.2, 0.25) is 0 Å². The lowest BCUT2D eigenvalue weighted by Gasteiger charge is -2.23. The molecule has 0 spiro atoms. The number of amides is 1. The molecule has 0 aromatic heterocycles. The molecule has 138 valence electrons. The maximum absolute atomic E-state index is 12.4. The zero-order valence-electron chi connectivity index (χ0n) is 15.4. The van der Waals surface area contributed by atoms with Gasteiger partial charge in [-0.3, -0.25) is 4.79 Å². The fourth-order valence-corrected chi connectivity index (χ4v) is 3.50. The van der Waals surface area contributed by atoms with Gasteiger partial charge in [0.2, 0.25) is 5.91 Å². The minimum absolute atomic E-state index is 0.00921. The van der Waals surface area contributed by atoms with Gasteiger partial charge in [0.25, 0.3) is 0 Å². The van der Waals surface area contributed by atoms with Crippen LogP contribution in [-0.2, 0) is 4.79 Å². The van der Waals surface area contributed by atoms with Gasteiger partial charge in [-0.05, 0) is 36.0 Å². The predicted octanol–water partition coefficient (Wildman–Crippen LogP) is 3.82. The molecule has 1 aliphatic carbocycles. The zero-order chi connectivity index (χ0) is 18.6. The number of aliphatic hydroxyl groups is 1. The maximum atomic E-state index is 12.4. The van der Waals surface area contributed by atoms with Crippen molar-refractivity contribution in [2.75, 3.05) is 13.7 Å². The van der Waals surface area contributed by atoms with E-state index in [0.29, 0.717) is 13.0 Å². The lowest BCUT2D eigenvalue weighted by molar-refractivity contribution is -0.121. The highest BCUT2D eigenvalue weighted by Gasteiger charge is 2.49. The van der Waals surface area contributed by atoms with Crippen LogP contribution in [0.1, 0.15) is 49.3 Å². The van der Waals surface area contributed by atoms with Crippen molar-refractivity contribution in [1.82, 2.24) is 5.32 Å². The Balaban J connectivity index is 1.56. The summed E-state index contributed by atoms with van der Waals surface area (Å²) < 4.78 is 5.39. The largest absolute Gasteiger partial charge is 0.496 e. The van der Waals surface area contributed by atoms with E-state index in [2.05, 4.69) is 5.32 Å². The summed E-state index contributed by atoms with van der Waals surface area (Å²) in [5.74, 6) is 0.890. The quantitative estimate of drug-likeness (QED) is 0.758. The van der Waals surface area contributed by atoms with Crippen LogP contribution in [0, 0.1) is 5.41 Å². The van der Waals surface area contributed by atoms with Gasteiger partial charge in [-0.25, -0.2) is 0 Å². The maximum Gasteiger partial charge on any atom is 0.220 e. The predicted molar refractivity (Wildman–Crippen MR) is 102 cm³/mol. The van der Waals surface area contributed by atoms with E-state index >= 15 is 0 Å². The van der Waals surface area contributed by atoms with E-state index < -0.39 is 6.10 Å². The molecule has 4 heteroatoms. The van der Waals surface area contributed by atoms with Crippen molar-refractivity contribution in [1.29, 1.82) is 0 Å². The Labute approximate surface area is 155 Å². The van der Waals surface area contributed by atoms with Crippen LogP contribution < -0.4 is 10.1 Å². The number of carbonyl (C=O) groups is 1. The molecule has 0 bridgehead atoms. The third-order valence-corrected chi connectivity index (χ3v) is 5.39. The SMILES string of the molecule is COc1ccccc1[C@H](C)CC(=O)NCC1([C@H](O)c2ccccc2)CC1. The molecule has 0 aliphatic heterocycles. The van der Waals surface area contributed by atoms with Crippen LogP contribution >= 0.6 is 0 Å². The highest BCUT2D eigenvalue weighted by molar-refractivity contribution is 5.77. The summed E-state index contributed by atoms with van der Waals surface area (Å²) in [6.07, 6.45) is 1.74. The summed E-state index contributed by atoms with van der Waals surface area (Å²) in [5.41, 5.74) is 1.74. The third kappa shape index (κ3) is 4.07. The van der Waals surface area contributed by atoms with E-state index in [-0.39, 0.29) is 17.2 Å². The van der Waals surface area contributed by atoms with Gasteiger partial charge in [0.05, 0.1) is 13.2 Å². The van der Waals surface area contributed by atoms with Gasteiger partial charge in [0.15, 0.2) is 0 Å². The molecule has 0 saturated heterocycles. The van der Waals surface area contributed by atoms with Gasteiger partial charge in [0, 0.05) is 18.4 Å². The first-order chi connectivity index (χ1) is 12.6. The third-order valence-electron chi connectivity index (χ3n) is 5.39. The summed E-state index contributed by atoms with van der Waals surface area (Å²) in [6, 6.07) is 17.5. The minimum atomic E-state index is -0.532. The monoisotopic (exact) mass is 353 g/mol. The van der Waals surface area contributed by atoms with Crippen LogP contribution in [-0.4, -0.2) is 24.7 Å². The Bertz CT molecular complexity index is 740. The van der Waals surface area contributed by atoms with Gasteiger partial charge in [0.1, 0.15) is 5.75 Å². The summed E-state index contributed by atoms with van der Waals surface area (Å²) in [7, 11) is 1.65. The second-order valence-electron chi connectivity index (χ2n) is 7.30. The van der Waals surface area contributed by atoms with Crippen molar-refractivity contribution in [3.63, 3.8) is 0 Å². The fraction of sp³-hybridized carbons (Fsp3) is 0.409. The van der Waals surface area contributed by atoms with E-state index in [4.69, 9.17) is 4.74 Å². The van der Waals surface area contributed by atoms with Crippen molar-refractivity contribution >= 4 is 5.91 Å². The average Bonchev–Trinajstić information content (AvgIpc) is 3.47. The number of rotatable bonds is 8. The van der Waals surface area contributed by atoms with Crippen LogP contribution in [0.25, 0.3) is 0 Å². The number of methoxy groups -OCH3 is 1. The highest BCUT2D eigenvalue weighted by atomic mass is 16.5. The molecule has 3 rings (SSSR count). The molecule has 4 nitrogen and oxygen atoms in total. The molecule has 2 N–H and O–H groups in total. The first kappa shape index (κ1) is 18.5. The fourth-order valence-electron chi connectivity index (χ4n) is 3.50. The van der Waals surface area contributed by atoms with Gasteiger partial charge in [-0.1, -0.05) is 55.5 Å². The van der Waals surface area contributed by atoms with Crippen LogP contribution in [0.3, 0.4) is 0 Å². The summed E-state index contributed by atoms with van der Waals surface area (Å²) >= 11 is 0. The molecule has 1 saturated carbocycles. The number of nitrogens with one attached hydrogen (secondary N) is 1. The van der Waals surface area contributed by atoms with Gasteiger partial charge < -0.3 is 15.2 Å². The van der Waals surface area contributed by atoms with Gasteiger partial charge in [-0.15, -0.1) is 0 Å². The Morgan fingerprint density at radius 3 is 2.46 bits per heavy atom. The lowest BCUT2D eigenvalue weighted by Crippen LogP contribution is -2.33. The van der Waals surface area contributed by atoms with Crippen molar-refractivity contribution in [2.24, 2.45) is 5.41 Å². The molecule has 26 heavy (non-hydrogen) atoms. The number of hydrogen-bond acceptors (Lipinski definition) is 3. The summed E-state index contributed by atoms with van der Waals surface area (Å²) in [6.45, 7) is 2.55. The average molecular weight is 353 g/mol. The molecule has 1 aliphatic rings. The molecular weight excluding hydrogens is 326 g/mol. The van der Waals surface area contributed by atoms with Crippen molar-refractivity contribution < 1.29 is 14.6 Å². The van der Waals surface area contributed by atoms with Crippen molar-refractivity contribution in [3.8, 4) is 5.75 Å². The lowest BCUT2D eigenvalue weighted by atomic mass is 9.92. The second kappa shape index (κ2) is 7.92. The minimum Gasteiger partial charge on any atom is -0.496 e. The Kier molecular flexibility index (Phi) is 5.62. The Morgan fingerprint density at radius 2 is 1.81 bits per heavy atom. The second-order valence-corrected chi connectivity index (χ2v) is 7.30. The smallest absolute Gasteiger partial charge is 0.220 e. The number of carbonyl (C=O) groups excluding carboxylic acids is 1. The molecule has 0 radical (unpaired) electrons. The summed E-state index contributed by atoms with van der Waals surface area (Å²) in [4.78, 5) is 12.4. The molecule has 0 unspecified atom stereocenters. The molecular formula is C22H27NO3. The van der Waals surface area contributed by atoms with E-state index in [1.807, 2.05) is 61.5 Å². The zero-order valence-corrected chi connectivity index (χ0v) is 15.4. The molecule has 0 heterocycles. The van der Waals surface area contributed by atoms with Gasteiger partial charge >= 0.3 is 0 Å². The first-order valence-electron chi connectivity index (χ1n) is 9.18. The molecule has 2 atom stereocenters. The van der Waals surface area contributed by atoms with E-state index in [1.54, 1.807) is 7.11 Å². The van der Waals surface area contributed by atoms with Crippen LogP contribution in [0.4, 0.5) is 0 Å². The van der Waals surface area contributed by atoms with Crippen molar-refractivity contribution in [2.45, 2.75) is 38.2 Å². The molecule has 1 amide bonds. The highest BCUT2D eigenvalue weighted by Crippen LogP contribution is 2.54. The van der Waals surface area contributed by atoms with E-state index in [1.165, 1.54) is 0 Å². The Morgan fingerprint density at radius 1 is 1.15 bits per heavy atom.